The Hall–Kier alpha value is -1.92. The fourth-order valence-electron chi connectivity index (χ4n) is 1.97. The minimum Gasteiger partial charge on any atom is -0.487 e. The number of hydrogen-bond acceptors (Lipinski definition) is 3. The molecule has 0 aliphatic carbocycles. The van der Waals surface area contributed by atoms with Crippen LogP contribution in [-0.4, -0.2) is 23.8 Å². The van der Waals surface area contributed by atoms with Crippen LogP contribution in [0.25, 0.3) is 0 Å². The van der Waals surface area contributed by atoms with Gasteiger partial charge in [0.15, 0.2) is 6.61 Å². The van der Waals surface area contributed by atoms with E-state index in [-0.39, 0.29) is 11.3 Å². The van der Waals surface area contributed by atoms with Crippen LogP contribution in [0.3, 0.4) is 0 Å². The van der Waals surface area contributed by atoms with Crippen molar-refractivity contribution in [1.82, 2.24) is 0 Å². The van der Waals surface area contributed by atoms with Crippen LogP contribution in [0.2, 0.25) is 0 Å². The lowest BCUT2D eigenvalue weighted by atomic mass is 9.77. The molecule has 2 rings (SSSR count). The van der Waals surface area contributed by atoms with Gasteiger partial charge in [-0.25, -0.2) is 0 Å². The molecule has 0 aliphatic rings. The van der Waals surface area contributed by atoms with Crippen molar-refractivity contribution in [2.75, 3.05) is 6.61 Å². The molecule has 2 aromatic carbocycles. The first kappa shape index (κ1) is 15.5. The molecule has 0 unspecified atom stereocenters. The van der Waals surface area contributed by atoms with E-state index in [1.165, 1.54) is 30.3 Å². The molecule has 0 heterocycles. The monoisotopic (exact) mass is 292 g/mol. The maximum atomic E-state index is 13.9. The van der Waals surface area contributed by atoms with Gasteiger partial charge in [0.2, 0.25) is 0 Å². The van der Waals surface area contributed by atoms with Crippen LogP contribution in [0.15, 0.2) is 48.5 Å². The fraction of sp³-hybridized carbons (Fsp3) is 0.200. The van der Waals surface area contributed by atoms with Gasteiger partial charge in [-0.15, -0.1) is 0 Å². The molecule has 0 aliphatic heterocycles. The molecule has 0 amide bonds. The third kappa shape index (κ3) is 3.80. The Morgan fingerprint density at radius 2 is 1.76 bits per heavy atom. The van der Waals surface area contributed by atoms with Crippen LogP contribution in [0, 0.1) is 6.92 Å². The summed E-state index contributed by atoms with van der Waals surface area (Å²) in [6.07, 6.45) is 0. The Morgan fingerprint density at radius 1 is 1.10 bits per heavy atom. The standard InChI is InChI=1S/C15H15BF2O3/c1-11-9-13(7-8-14(11)16(19)20)21-10-15(17,18)12-5-3-2-4-6-12/h2-9,19-20H,10H2,1H3. The van der Waals surface area contributed by atoms with Crippen molar-refractivity contribution in [1.29, 1.82) is 0 Å². The Kier molecular flexibility index (Phi) is 4.60. The molecule has 110 valence electrons. The molecule has 0 saturated heterocycles. The van der Waals surface area contributed by atoms with E-state index >= 15 is 0 Å². The Labute approximate surface area is 122 Å². The summed E-state index contributed by atoms with van der Waals surface area (Å²) in [6, 6.07) is 11.8. The highest BCUT2D eigenvalue weighted by molar-refractivity contribution is 6.59. The van der Waals surface area contributed by atoms with E-state index in [1.807, 2.05) is 0 Å². The number of rotatable bonds is 5. The van der Waals surface area contributed by atoms with Gasteiger partial charge in [-0.1, -0.05) is 36.4 Å². The third-order valence-corrected chi connectivity index (χ3v) is 3.14. The van der Waals surface area contributed by atoms with Crippen molar-refractivity contribution in [3.63, 3.8) is 0 Å². The summed E-state index contributed by atoms with van der Waals surface area (Å²) in [7, 11) is -1.59. The molecule has 3 nitrogen and oxygen atoms in total. The van der Waals surface area contributed by atoms with Crippen molar-refractivity contribution in [3.05, 3.63) is 59.7 Å². The van der Waals surface area contributed by atoms with Crippen LogP contribution in [0.4, 0.5) is 8.78 Å². The smallest absolute Gasteiger partial charge is 0.487 e. The summed E-state index contributed by atoms with van der Waals surface area (Å²) in [5.74, 6) is -2.84. The lowest BCUT2D eigenvalue weighted by Gasteiger charge is -2.18. The Bertz CT molecular complexity index is 603. The average molecular weight is 292 g/mol. The Morgan fingerprint density at radius 3 is 2.33 bits per heavy atom. The number of ether oxygens (including phenoxy) is 1. The minimum absolute atomic E-state index is 0.107. The molecule has 0 aromatic heterocycles. The van der Waals surface area contributed by atoms with E-state index in [0.717, 1.165) is 0 Å². The lowest BCUT2D eigenvalue weighted by Crippen LogP contribution is -2.32. The van der Waals surface area contributed by atoms with Gasteiger partial charge in [-0.2, -0.15) is 8.78 Å². The molecule has 0 fully saturated rings. The molecule has 0 bridgehead atoms. The van der Waals surface area contributed by atoms with Crippen LogP contribution in [0.1, 0.15) is 11.1 Å². The second-order valence-electron chi connectivity index (χ2n) is 4.75. The zero-order valence-corrected chi connectivity index (χ0v) is 11.5. The average Bonchev–Trinajstić information content (AvgIpc) is 2.46. The van der Waals surface area contributed by atoms with E-state index in [9.17, 15) is 8.78 Å². The van der Waals surface area contributed by atoms with Crippen molar-refractivity contribution >= 4 is 12.6 Å². The summed E-state index contributed by atoms with van der Waals surface area (Å²) in [5.41, 5.74) is 0.770. The number of alkyl halides is 2. The van der Waals surface area contributed by atoms with Gasteiger partial charge < -0.3 is 14.8 Å². The SMILES string of the molecule is Cc1cc(OCC(F)(F)c2ccccc2)ccc1B(O)O. The lowest BCUT2D eigenvalue weighted by molar-refractivity contribution is -0.0467. The molecule has 0 atom stereocenters. The zero-order chi connectivity index (χ0) is 15.5. The number of aryl methyl sites for hydroxylation is 1. The van der Waals surface area contributed by atoms with Gasteiger partial charge in [-0.3, -0.25) is 0 Å². The zero-order valence-electron chi connectivity index (χ0n) is 11.5. The molecule has 0 spiro atoms. The molecular weight excluding hydrogens is 277 g/mol. The second kappa shape index (κ2) is 6.24. The molecule has 2 N–H and O–H groups in total. The molecule has 0 radical (unpaired) electrons. The van der Waals surface area contributed by atoms with Crippen molar-refractivity contribution in [3.8, 4) is 5.75 Å². The topological polar surface area (TPSA) is 49.7 Å². The van der Waals surface area contributed by atoms with E-state index in [4.69, 9.17) is 14.8 Å². The van der Waals surface area contributed by atoms with Crippen LogP contribution >= 0.6 is 0 Å². The van der Waals surface area contributed by atoms with Gasteiger partial charge in [0.1, 0.15) is 5.75 Å². The maximum Gasteiger partial charge on any atom is 0.488 e. The van der Waals surface area contributed by atoms with Crippen LogP contribution < -0.4 is 10.2 Å². The first-order chi connectivity index (χ1) is 9.90. The first-order valence-electron chi connectivity index (χ1n) is 6.43. The molecular formula is C15H15BF2O3. The highest BCUT2D eigenvalue weighted by Crippen LogP contribution is 2.28. The predicted molar refractivity (Wildman–Crippen MR) is 76.8 cm³/mol. The molecule has 6 heteroatoms. The Balaban J connectivity index is 2.08. The normalized spacial score (nSPS) is 11.3. The van der Waals surface area contributed by atoms with Gasteiger partial charge in [0.25, 0.3) is 0 Å². The minimum atomic E-state index is -3.09. The van der Waals surface area contributed by atoms with E-state index in [0.29, 0.717) is 11.0 Å². The number of benzene rings is 2. The number of hydrogen-bond donors (Lipinski definition) is 2. The highest BCUT2D eigenvalue weighted by atomic mass is 19.3. The third-order valence-electron chi connectivity index (χ3n) is 3.14. The largest absolute Gasteiger partial charge is 0.488 e. The van der Waals surface area contributed by atoms with Crippen molar-refractivity contribution < 1.29 is 23.6 Å². The summed E-state index contributed by atoms with van der Waals surface area (Å²) in [5, 5.41) is 18.2. The van der Waals surface area contributed by atoms with Crippen molar-refractivity contribution in [2.45, 2.75) is 12.8 Å². The second-order valence-corrected chi connectivity index (χ2v) is 4.75. The maximum absolute atomic E-state index is 13.9. The first-order valence-corrected chi connectivity index (χ1v) is 6.43. The van der Waals surface area contributed by atoms with Crippen LogP contribution in [-0.2, 0) is 5.92 Å². The van der Waals surface area contributed by atoms with E-state index in [2.05, 4.69) is 0 Å². The summed E-state index contributed by atoms with van der Waals surface area (Å²) in [4.78, 5) is 0. The number of halogens is 2. The van der Waals surface area contributed by atoms with Crippen LogP contribution in [0.5, 0.6) is 5.75 Å². The quantitative estimate of drug-likeness (QED) is 0.827. The fourth-order valence-corrected chi connectivity index (χ4v) is 1.97. The summed E-state index contributed by atoms with van der Waals surface area (Å²) in [6.45, 7) is 0.869. The molecule has 21 heavy (non-hydrogen) atoms. The highest BCUT2D eigenvalue weighted by Gasteiger charge is 2.32. The molecule has 0 saturated carbocycles. The summed E-state index contributed by atoms with van der Waals surface area (Å²) < 4.78 is 33.0. The van der Waals surface area contributed by atoms with Gasteiger partial charge in [0, 0.05) is 5.56 Å². The van der Waals surface area contributed by atoms with Crippen molar-refractivity contribution in [2.24, 2.45) is 0 Å². The van der Waals surface area contributed by atoms with Gasteiger partial charge in [-0.05, 0) is 30.1 Å². The van der Waals surface area contributed by atoms with Gasteiger partial charge in [0.05, 0.1) is 0 Å². The van der Waals surface area contributed by atoms with E-state index in [1.54, 1.807) is 25.1 Å². The van der Waals surface area contributed by atoms with E-state index < -0.39 is 19.6 Å². The van der Waals surface area contributed by atoms with Gasteiger partial charge >= 0.3 is 13.0 Å². The molecule has 2 aromatic rings. The summed E-state index contributed by atoms with van der Waals surface area (Å²) >= 11 is 0. The predicted octanol–water partition coefficient (Wildman–Crippen LogP) is 1.85.